The zero-order valence-corrected chi connectivity index (χ0v) is 17.8. The number of carbonyl (C=O) groups is 1. The van der Waals surface area contributed by atoms with Gasteiger partial charge in [-0.1, -0.05) is 48.0 Å². The van der Waals surface area contributed by atoms with E-state index in [1.807, 2.05) is 23.1 Å². The lowest BCUT2D eigenvalue weighted by atomic mass is 9.99. The van der Waals surface area contributed by atoms with Crippen LogP contribution in [0.1, 0.15) is 34.8 Å². The van der Waals surface area contributed by atoms with Crippen LogP contribution in [0.2, 0.25) is 5.02 Å². The van der Waals surface area contributed by atoms with Crippen molar-refractivity contribution >= 4 is 17.5 Å². The number of fused-ring (bicyclic) bond motifs is 2. The molecule has 2 aliphatic heterocycles. The van der Waals surface area contributed by atoms with Crippen molar-refractivity contribution in [3.63, 3.8) is 0 Å². The Balaban J connectivity index is 1.41. The second kappa shape index (κ2) is 8.29. The van der Waals surface area contributed by atoms with E-state index >= 15 is 0 Å². The smallest absolute Gasteiger partial charge is 0.237 e. The van der Waals surface area contributed by atoms with Crippen LogP contribution in [-0.2, 0) is 24.3 Å². The van der Waals surface area contributed by atoms with E-state index in [0.717, 1.165) is 43.1 Å². The van der Waals surface area contributed by atoms with Gasteiger partial charge >= 0.3 is 0 Å². The number of rotatable bonds is 3. The van der Waals surface area contributed by atoms with Crippen molar-refractivity contribution in [3.05, 3.63) is 94.3 Å². The Bertz CT molecular complexity index is 1060. The van der Waals surface area contributed by atoms with Crippen LogP contribution in [0.3, 0.4) is 0 Å². The highest BCUT2D eigenvalue weighted by Gasteiger charge is 2.30. The topological polar surface area (TPSA) is 28.5 Å². The molecule has 0 N–H and O–H groups in total. The summed E-state index contributed by atoms with van der Waals surface area (Å²) in [7, 11) is 0. The monoisotopic (exact) mass is 419 g/mol. The van der Waals surface area contributed by atoms with E-state index in [-0.39, 0.29) is 11.9 Å². The minimum absolute atomic E-state index is 0.0298. The number of halogens is 1. The maximum atomic E-state index is 13.3. The van der Waals surface area contributed by atoms with Crippen LogP contribution in [-0.4, -0.2) is 39.9 Å². The minimum Gasteiger partial charge on any atom is -0.350 e. The van der Waals surface area contributed by atoms with Crippen LogP contribution in [0.4, 0.5) is 0 Å². The Morgan fingerprint density at radius 1 is 0.967 bits per heavy atom. The second-order valence-corrected chi connectivity index (χ2v) is 8.68. The average Bonchev–Trinajstić information content (AvgIpc) is 3.14. The van der Waals surface area contributed by atoms with Crippen LogP contribution in [0.5, 0.6) is 0 Å². The second-order valence-electron chi connectivity index (χ2n) is 8.24. The van der Waals surface area contributed by atoms with E-state index in [9.17, 15) is 4.79 Å². The molecule has 0 aliphatic carbocycles. The van der Waals surface area contributed by atoms with Gasteiger partial charge in [0.15, 0.2) is 0 Å². The number of carbonyl (C=O) groups excluding carboxylic acids is 1. The molecule has 5 heteroatoms. The molecule has 30 heavy (non-hydrogen) atoms. The van der Waals surface area contributed by atoms with Crippen molar-refractivity contribution in [1.29, 1.82) is 0 Å². The van der Waals surface area contributed by atoms with Crippen molar-refractivity contribution in [2.75, 3.05) is 19.6 Å². The fraction of sp³-hybridized carbons (Fsp3) is 0.320. The summed E-state index contributed by atoms with van der Waals surface area (Å²) >= 11 is 6.33. The van der Waals surface area contributed by atoms with E-state index in [1.54, 1.807) is 0 Å². The predicted molar refractivity (Wildman–Crippen MR) is 119 cm³/mol. The van der Waals surface area contributed by atoms with Crippen LogP contribution in [0.15, 0.2) is 66.9 Å². The molecule has 154 valence electrons. The van der Waals surface area contributed by atoms with Crippen LogP contribution >= 0.6 is 11.6 Å². The van der Waals surface area contributed by atoms with Gasteiger partial charge in [-0.3, -0.25) is 9.69 Å². The molecule has 0 saturated heterocycles. The first-order chi connectivity index (χ1) is 14.7. The predicted octanol–water partition coefficient (Wildman–Crippen LogP) is 4.52. The van der Waals surface area contributed by atoms with Gasteiger partial charge in [0.25, 0.3) is 0 Å². The largest absolute Gasteiger partial charge is 0.350 e. The number of hydrogen-bond acceptors (Lipinski definition) is 2. The standard InChI is InChI=1S/C25H26ClN3O/c26-22-9-3-8-20(16-22)25-23-10-4-12-27(23)13-5-14-29(25)18-24(30)28-15-11-19-6-1-2-7-21(19)17-28/h1-4,6-10,12,16,25H,5,11,13-15,17-18H2. The molecular weight excluding hydrogens is 394 g/mol. The SMILES string of the molecule is O=C(CN1CCCn2cccc2C1c1cccc(Cl)c1)N1CCc2ccccc2C1. The summed E-state index contributed by atoms with van der Waals surface area (Å²) in [6.45, 7) is 3.78. The van der Waals surface area contributed by atoms with Crippen molar-refractivity contribution < 1.29 is 4.79 Å². The van der Waals surface area contributed by atoms with E-state index in [4.69, 9.17) is 11.6 Å². The third kappa shape index (κ3) is 3.78. The number of benzene rings is 2. The fourth-order valence-corrected chi connectivity index (χ4v) is 5.05. The molecule has 0 fully saturated rings. The number of amides is 1. The molecule has 0 bridgehead atoms. The molecule has 0 spiro atoms. The van der Waals surface area contributed by atoms with E-state index in [1.165, 1.54) is 16.8 Å². The molecule has 2 aliphatic rings. The summed E-state index contributed by atoms with van der Waals surface area (Å²) in [4.78, 5) is 17.7. The van der Waals surface area contributed by atoms with Gasteiger partial charge in [0, 0.05) is 43.1 Å². The third-order valence-electron chi connectivity index (χ3n) is 6.34. The lowest BCUT2D eigenvalue weighted by Gasteiger charge is -2.34. The van der Waals surface area contributed by atoms with Crippen molar-refractivity contribution in [2.24, 2.45) is 0 Å². The Kier molecular flexibility index (Phi) is 5.36. The molecule has 5 rings (SSSR count). The Hall–Kier alpha value is -2.56. The van der Waals surface area contributed by atoms with Crippen molar-refractivity contribution in [2.45, 2.75) is 32.0 Å². The first kappa shape index (κ1) is 19.4. The maximum Gasteiger partial charge on any atom is 0.237 e. The molecule has 1 atom stereocenters. The minimum atomic E-state index is 0.0298. The normalized spacial score (nSPS) is 19.1. The molecule has 0 radical (unpaired) electrons. The number of aromatic nitrogens is 1. The number of aryl methyl sites for hydroxylation is 1. The van der Waals surface area contributed by atoms with Crippen molar-refractivity contribution in [1.82, 2.24) is 14.4 Å². The summed E-state index contributed by atoms with van der Waals surface area (Å²) in [6, 6.07) is 20.8. The van der Waals surface area contributed by atoms with Crippen molar-refractivity contribution in [3.8, 4) is 0 Å². The molecule has 1 amide bonds. The first-order valence-electron chi connectivity index (χ1n) is 10.7. The maximum absolute atomic E-state index is 13.3. The molecule has 3 heterocycles. The van der Waals surface area contributed by atoms with Gasteiger partial charge < -0.3 is 9.47 Å². The molecule has 0 saturated carbocycles. The highest BCUT2D eigenvalue weighted by Crippen LogP contribution is 2.33. The summed E-state index contributed by atoms with van der Waals surface area (Å²) in [5, 5.41) is 0.730. The average molecular weight is 420 g/mol. The molecule has 2 aromatic carbocycles. The van der Waals surface area contributed by atoms with Gasteiger partial charge in [0.05, 0.1) is 12.6 Å². The zero-order chi connectivity index (χ0) is 20.5. The zero-order valence-electron chi connectivity index (χ0n) is 17.0. The summed E-state index contributed by atoms with van der Waals surface area (Å²) < 4.78 is 2.31. The molecule has 3 aromatic rings. The van der Waals surface area contributed by atoms with E-state index in [2.05, 4.69) is 58.1 Å². The van der Waals surface area contributed by atoms with Crippen LogP contribution in [0, 0.1) is 0 Å². The van der Waals surface area contributed by atoms with Gasteiger partial charge in [-0.2, -0.15) is 0 Å². The third-order valence-corrected chi connectivity index (χ3v) is 6.58. The Morgan fingerprint density at radius 3 is 2.70 bits per heavy atom. The molecule has 4 nitrogen and oxygen atoms in total. The summed E-state index contributed by atoms with van der Waals surface area (Å²) in [5.41, 5.74) is 5.01. The van der Waals surface area contributed by atoms with Gasteiger partial charge in [-0.25, -0.2) is 0 Å². The molecular formula is C25H26ClN3O. The Morgan fingerprint density at radius 2 is 1.83 bits per heavy atom. The van der Waals surface area contributed by atoms with Gasteiger partial charge in [0.1, 0.15) is 0 Å². The van der Waals surface area contributed by atoms with Gasteiger partial charge in [-0.05, 0) is 53.8 Å². The Labute approximate surface area is 182 Å². The summed E-state index contributed by atoms with van der Waals surface area (Å²) in [5.74, 6) is 0.205. The number of nitrogens with zero attached hydrogens (tertiary/aromatic N) is 3. The first-order valence-corrected chi connectivity index (χ1v) is 11.1. The lowest BCUT2D eigenvalue weighted by molar-refractivity contribution is -0.133. The van der Waals surface area contributed by atoms with E-state index < -0.39 is 0 Å². The molecule has 1 unspecified atom stereocenters. The van der Waals surface area contributed by atoms with Gasteiger partial charge in [-0.15, -0.1) is 0 Å². The highest BCUT2D eigenvalue weighted by molar-refractivity contribution is 6.30. The van der Waals surface area contributed by atoms with Crippen LogP contribution in [0.25, 0.3) is 0 Å². The number of hydrogen-bond donors (Lipinski definition) is 0. The fourth-order valence-electron chi connectivity index (χ4n) is 4.85. The molecule has 1 aromatic heterocycles. The summed E-state index contributed by atoms with van der Waals surface area (Å²) in [6.07, 6.45) is 4.09. The van der Waals surface area contributed by atoms with Gasteiger partial charge in [0.2, 0.25) is 5.91 Å². The highest BCUT2D eigenvalue weighted by atomic mass is 35.5. The quantitative estimate of drug-likeness (QED) is 0.624. The van der Waals surface area contributed by atoms with Crippen LogP contribution < -0.4 is 0 Å². The lowest BCUT2D eigenvalue weighted by Crippen LogP contribution is -2.44. The van der Waals surface area contributed by atoms with E-state index in [0.29, 0.717) is 13.1 Å².